The van der Waals surface area contributed by atoms with E-state index >= 15 is 0 Å². The van der Waals surface area contributed by atoms with Gasteiger partial charge in [0.15, 0.2) is 0 Å². The van der Waals surface area contributed by atoms with Gasteiger partial charge in [-0.1, -0.05) is 12.2 Å². The molecular weight excluding hydrogens is 402 g/mol. The Labute approximate surface area is 167 Å². The van der Waals surface area contributed by atoms with Gasteiger partial charge in [-0.3, -0.25) is 25.0 Å². The van der Waals surface area contributed by atoms with E-state index in [0.29, 0.717) is 0 Å². The minimum absolute atomic E-state index is 0.0656. The molecule has 0 bridgehead atoms. The van der Waals surface area contributed by atoms with Gasteiger partial charge < -0.3 is 21.5 Å². The van der Waals surface area contributed by atoms with Crippen LogP contribution in [-0.4, -0.2) is 49.9 Å². The first-order valence-corrected chi connectivity index (χ1v) is 8.15. The predicted molar refractivity (Wildman–Crippen MR) is 103 cm³/mol. The second-order valence-electron chi connectivity index (χ2n) is 5.60. The number of aromatic nitrogens is 2. The molecule has 1 amide bonds. The lowest BCUT2D eigenvalue weighted by Crippen LogP contribution is -2.13. The average Bonchev–Trinajstić information content (AvgIpc) is 2.70. The standard InChI is InChI=1S/C16H15N7O7/c17-13(24)9-5-11(22(27)28)14(20-7-9)18-3-1-2-4-19-15-12(23(29)30)6-10(8-21-15)16(25)26/h1-2,5-8H,3-4H2,(H2,17,24)(H,18,20)(H,19,21)(H,25,26). The van der Waals surface area contributed by atoms with Gasteiger partial charge in [-0.2, -0.15) is 0 Å². The van der Waals surface area contributed by atoms with Gasteiger partial charge >= 0.3 is 17.3 Å². The minimum Gasteiger partial charge on any atom is -0.478 e. The monoisotopic (exact) mass is 417 g/mol. The summed E-state index contributed by atoms with van der Waals surface area (Å²) in [6, 6.07) is 1.90. The molecule has 0 radical (unpaired) electrons. The molecule has 0 aromatic carbocycles. The zero-order chi connectivity index (χ0) is 22.3. The van der Waals surface area contributed by atoms with Crippen LogP contribution in [0.5, 0.6) is 0 Å². The number of anilines is 2. The van der Waals surface area contributed by atoms with Crippen LogP contribution in [0.25, 0.3) is 0 Å². The molecule has 0 spiro atoms. The summed E-state index contributed by atoms with van der Waals surface area (Å²) in [5.74, 6) is -2.36. The Balaban J connectivity index is 1.97. The van der Waals surface area contributed by atoms with Gasteiger partial charge in [-0.05, 0) is 0 Å². The first-order valence-electron chi connectivity index (χ1n) is 8.15. The van der Waals surface area contributed by atoms with Gasteiger partial charge in [0.25, 0.3) is 5.91 Å². The van der Waals surface area contributed by atoms with E-state index in [1.165, 1.54) is 0 Å². The summed E-state index contributed by atoms with van der Waals surface area (Å²) in [4.78, 5) is 50.2. The molecule has 0 aliphatic carbocycles. The fourth-order valence-corrected chi connectivity index (χ4v) is 2.19. The van der Waals surface area contributed by atoms with Crippen molar-refractivity contribution in [2.24, 2.45) is 5.73 Å². The number of nitrogens with zero attached hydrogens (tertiary/aromatic N) is 4. The number of nitro groups is 2. The summed E-state index contributed by atoms with van der Waals surface area (Å²) in [6.45, 7) is 0.233. The number of carbonyl (C=O) groups is 2. The van der Waals surface area contributed by atoms with Crippen LogP contribution < -0.4 is 16.4 Å². The van der Waals surface area contributed by atoms with Crippen molar-refractivity contribution in [2.75, 3.05) is 23.7 Å². The smallest absolute Gasteiger partial charge is 0.337 e. The SMILES string of the molecule is NC(=O)c1cnc(NCC=CCNc2ncc(C(=O)O)cc2[N+](=O)[O-])c([N+](=O)[O-])c1. The number of carbonyl (C=O) groups excluding carboxylic acids is 1. The zero-order valence-electron chi connectivity index (χ0n) is 15.1. The van der Waals surface area contributed by atoms with Gasteiger partial charge in [0.1, 0.15) is 0 Å². The van der Waals surface area contributed by atoms with Crippen LogP contribution in [0.3, 0.4) is 0 Å². The van der Waals surface area contributed by atoms with Crippen molar-refractivity contribution < 1.29 is 24.5 Å². The molecule has 0 aliphatic heterocycles. The first kappa shape index (κ1) is 21.7. The van der Waals surface area contributed by atoms with E-state index in [9.17, 15) is 29.8 Å². The number of amides is 1. The van der Waals surface area contributed by atoms with Crippen molar-refractivity contribution in [3.05, 3.63) is 68.0 Å². The molecule has 2 rings (SSSR count). The van der Waals surface area contributed by atoms with Crippen LogP contribution in [0.1, 0.15) is 20.7 Å². The molecule has 0 saturated heterocycles. The Bertz CT molecular complexity index is 957. The highest BCUT2D eigenvalue weighted by atomic mass is 16.6. The second-order valence-corrected chi connectivity index (χ2v) is 5.60. The third-order valence-electron chi connectivity index (χ3n) is 3.60. The highest BCUT2D eigenvalue weighted by molar-refractivity contribution is 5.93. The highest BCUT2D eigenvalue weighted by Gasteiger charge is 2.19. The largest absolute Gasteiger partial charge is 0.478 e. The van der Waals surface area contributed by atoms with Crippen molar-refractivity contribution in [2.45, 2.75) is 0 Å². The zero-order valence-corrected chi connectivity index (χ0v) is 15.1. The summed E-state index contributed by atoms with van der Waals surface area (Å²) < 4.78 is 0. The number of aromatic carboxylic acids is 1. The lowest BCUT2D eigenvalue weighted by molar-refractivity contribution is -0.384. The molecular formula is C16H15N7O7. The maximum Gasteiger partial charge on any atom is 0.337 e. The normalized spacial score (nSPS) is 10.5. The summed E-state index contributed by atoms with van der Waals surface area (Å²) >= 11 is 0. The van der Waals surface area contributed by atoms with Gasteiger partial charge in [0.2, 0.25) is 11.6 Å². The van der Waals surface area contributed by atoms with Crippen LogP contribution in [0.4, 0.5) is 23.0 Å². The van der Waals surface area contributed by atoms with Gasteiger partial charge in [0, 0.05) is 37.6 Å². The Kier molecular flexibility index (Phi) is 6.89. The molecule has 30 heavy (non-hydrogen) atoms. The molecule has 0 saturated carbocycles. The molecule has 14 heteroatoms. The van der Waals surface area contributed by atoms with E-state index in [1.807, 2.05) is 0 Å². The summed E-state index contributed by atoms with van der Waals surface area (Å²) in [5.41, 5.74) is 3.74. The van der Waals surface area contributed by atoms with Gasteiger partial charge in [-0.15, -0.1) is 0 Å². The van der Waals surface area contributed by atoms with Crippen LogP contribution in [0.15, 0.2) is 36.7 Å². The van der Waals surface area contributed by atoms with Crippen molar-refractivity contribution >= 4 is 34.9 Å². The molecule has 2 aromatic heterocycles. The van der Waals surface area contributed by atoms with Crippen molar-refractivity contribution in [3.8, 4) is 0 Å². The van der Waals surface area contributed by atoms with Crippen molar-refractivity contribution in [1.29, 1.82) is 0 Å². The topological polar surface area (TPSA) is 217 Å². The number of nitrogens with one attached hydrogen (secondary N) is 2. The fourth-order valence-electron chi connectivity index (χ4n) is 2.19. The third-order valence-corrected chi connectivity index (χ3v) is 3.60. The predicted octanol–water partition coefficient (Wildman–Crippen LogP) is 1.17. The van der Waals surface area contributed by atoms with Crippen LogP contribution in [0.2, 0.25) is 0 Å². The van der Waals surface area contributed by atoms with Gasteiger partial charge in [-0.25, -0.2) is 14.8 Å². The number of hydrogen-bond donors (Lipinski definition) is 4. The van der Waals surface area contributed by atoms with Crippen molar-refractivity contribution in [1.82, 2.24) is 9.97 Å². The summed E-state index contributed by atoms with van der Waals surface area (Å²) in [7, 11) is 0. The maximum atomic E-state index is 11.1. The van der Waals surface area contributed by atoms with Crippen LogP contribution in [-0.2, 0) is 0 Å². The molecule has 2 aromatic rings. The van der Waals surface area contributed by atoms with E-state index in [4.69, 9.17) is 10.8 Å². The van der Waals surface area contributed by atoms with Gasteiger partial charge in [0.05, 0.1) is 21.0 Å². The number of rotatable bonds is 10. The lowest BCUT2D eigenvalue weighted by Gasteiger charge is -2.05. The minimum atomic E-state index is -1.34. The average molecular weight is 417 g/mol. The number of pyridine rings is 2. The quantitative estimate of drug-likeness (QED) is 0.244. The molecule has 0 unspecified atom stereocenters. The Morgan fingerprint density at radius 1 is 0.967 bits per heavy atom. The summed E-state index contributed by atoms with van der Waals surface area (Å²) in [6.07, 6.45) is 5.23. The fraction of sp³-hybridized carbons (Fsp3) is 0.125. The number of nitrogens with two attached hydrogens (primary N) is 1. The van der Waals surface area contributed by atoms with Crippen LogP contribution >= 0.6 is 0 Å². The molecule has 0 atom stereocenters. The van der Waals surface area contributed by atoms with E-state index < -0.39 is 33.1 Å². The molecule has 156 valence electrons. The third kappa shape index (κ3) is 5.44. The van der Waals surface area contributed by atoms with E-state index in [-0.39, 0.29) is 35.9 Å². The number of carboxylic acids is 1. The summed E-state index contributed by atoms with van der Waals surface area (Å²) in [5, 5.41) is 36.4. The molecule has 5 N–H and O–H groups in total. The van der Waals surface area contributed by atoms with E-state index in [1.54, 1.807) is 12.2 Å². The van der Waals surface area contributed by atoms with E-state index in [0.717, 1.165) is 24.5 Å². The van der Waals surface area contributed by atoms with Crippen molar-refractivity contribution in [3.63, 3.8) is 0 Å². The number of carboxylic acid groups (broad SMARTS) is 1. The second kappa shape index (κ2) is 9.54. The lowest BCUT2D eigenvalue weighted by atomic mass is 10.2. The Hall–Kier alpha value is -4.62. The van der Waals surface area contributed by atoms with Crippen LogP contribution in [0, 0.1) is 20.2 Å². The highest BCUT2D eigenvalue weighted by Crippen LogP contribution is 2.23. The number of hydrogen-bond acceptors (Lipinski definition) is 10. The first-order chi connectivity index (χ1) is 14.2. The number of primary amides is 1. The molecule has 2 heterocycles. The Morgan fingerprint density at radius 3 is 1.80 bits per heavy atom. The Morgan fingerprint density at radius 2 is 1.40 bits per heavy atom. The maximum absolute atomic E-state index is 11.1. The molecule has 14 nitrogen and oxygen atoms in total. The molecule has 0 aliphatic rings. The molecule has 0 fully saturated rings. The van der Waals surface area contributed by atoms with E-state index in [2.05, 4.69) is 20.6 Å².